The van der Waals surface area contributed by atoms with Crippen molar-refractivity contribution in [2.75, 3.05) is 7.11 Å². The number of esters is 1. The Hall–Kier alpha value is -1.32. The monoisotopic (exact) mass is 324 g/mol. The van der Waals surface area contributed by atoms with Crippen LogP contribution in [0.1, 0.15) is 10.4 Å². The smallest absolute Gasteiger partial charge is 0.337 e. The van der Waals surface area contributed by atoms with Gasteiger partial charge in [0.2, 0.25) is 0 Å². The predicted molar refractivity (Wildman–Crippen MR) is 75.9 cm³/mol. The van der Waals surface area contributed by atoms with E-state index in [1.165, 1.54) is 7.11 Å². The molecule has 0 N–H and O–H groups in total. The van der Waals surface area contributed by atoms with Crippen molar-refractivity contribution in [2.24, 2.45) is 0 Å². The number of rotatable bonds is 2. The molecule has 0 aromatic heterocycles. The fourth-order valence-corrected chi connectivity index (χ4v) is 2.02. The van der Waals surface area contributed by atoms with Crippen LogP contribution in [0.15, 0.2) is 46.9 Å². The fraction of sp³-hybridized carbons (Fsp3) is 0.0714. The van der Waals surface area contributed by atoms with E-state index in [2.05, 4.69) is 20.7 Å². The summed E-state index contributed by atoms with van der Waals surface area (Å²) in [5.41, 5.74) is 2.53. The first-order chi connectivity index (χ1) is 8.61. The van der Waals surface area contributed by atoms with E-state index in [1.54, 1.807) is 12.1 Å². The SMILES string of the molecule is COC(=O)c1ccc(-c2ccc(Br)c(Cl)c2)cc1. The average Bonchev–Trinajstić information content (AvgIpc) is 2.41. The molecule has 2 nitrogen and oxygen atoms in total. The van der Waals surface area contributed by atoms with E-state index in [0.29, 0.717) is 10.6 Å². The van der Waals surface area contributed by atoms with Crippen LogP contribution in [0.3, 0.4) is 0 Å². The Balaban J connectivity index is 2.34. The van der Waals surface area contributed by atoms with E-state index >= 15 is 0 Å². The number of ether oxygens (including phenoxy) is 1. The summed E-state index contributed by atoms with van der Waals surface area (Å²) in [5.74, 6) is -0.338. The van der Waals surface area contributed by atoms with Crippen molar-refractivity contribution in [1.29, 1.82) is 0 Å². The summed E-state index contributed by atoms with van der Waals surface area (Å²) in [6.07, 6.45) is 0. The van der Waals surface area contributed by atoms with Crippen LogP contribution in [0.5, 0.6) is 0 Å². The van der Waals surface area contributed by atoms with E-state index < -0.39 is 0 Å². The highest BCUT2D eigenvalue weighted by atomic mass is 79.9. The lowest BCUT2D eigenvalue weighted by atomic mass is 10.0. The molecule has 4 heteroatoms. The second kappa shape index (κ2) is 5.55. The third kappa shape index (κ3) is 2.74. The van der Waals surface area contributed by atoms with Crippen LogP contribution in [0.2, 0.25) is 5.02 Å². The van der Waals surface area contributed by atoms with Gasteiger partial charge in [0.25, 0.3) is 0 Å². The van der Waals surface area contributed by atoms with Crippen LogP contribution < -0.4 is 0 Å². The van der Waals surface area contributed by atoms with Crippen LogP contribution in [0.4, 0.5) is 0 Å². The number of methoxy groups -OCH3 is 1. The number of carbonyl (C=O) groups is 1. The van der Waals surface area contributed by atoms with E-state index in [1.807, 2.05) is 30.3 Å². The maximum Gasteiger partial charge on any atom is 0.337 e. The maximum atomic E-state index is 11.3. The lowest BCUT2D eigenvalue weighted by Crippen LogP contribution is -2.00. The minimum atomic E-state index is -0.338. The quantitative estimate of drug-likeness (QED) is 0.757. The molecule has 0 saturated carbocycles. The molecule has 0 unspecified atom stereocenters. The van der Waals surface area contributed by atoms with Gasteiger partial charge >= 0.3 is 5.97 Å². The maximum absolute atomic E-state index is 11.3. The summed E-state index contributed by atoms with van der Waals surface area (Å²) in [6, 6.07) is 12.9. The second-order valence-electron chi connectivity index (χ2n) is 3.70. The zero-order valence-electron chi connectivity index (χ0n) is 9.61. The number of carbonyl (C=O) groups excluding carboxylic acids is 1. The fourth-order valence-electron chi connectivity index (χ4n) is 1.59. The average molecular weight is 326 g/mol. The van der Waals surface area contributed by atoms with Gasteiger partial charge in [-0.05, 0) is 51.3 Å². The molecule has 0 amide bonds. The molecule has 18 heavy (non-hydrogen) atoms. The topological polar surface area (TPSA) is 26.3 Å². The standard InChI is InChI=1S/C14H10BrClO2/c1-18-14(17)10-4-2-9(3-5-10)11-6-7-12(15)13(16)8-11/h2-8H,1H3. The first kappa shape index (κ1) is 13.1. The summed E-state index contributed by atoms with van der Waals surface area (Å²) >= 11 is 9.40. The van der Waals surface area contributed by atoms with Gasteiger partial charge in [0.1, 0.15) is 0 Å². The first-order valence-corrected chi connectivity index (χ1v) is 6.42. The zero-order chi connectivity index (χ0) is 13.1. The number of hydrogen-bond acceptors (Lipinski definition) is 2. The molecule has 0 aliphatic carbocycles. The Morgan fingerprint density at radius 3 is 2.28 bits per heavy atom. The largest absolute Gasteiger partial charge is 0.465 e. The summed E-state index contributed by atoms with van der Waals surface area (Å²) < 4.78 is 5.51. The number of hydrogen-bond donors (Lipinski definition) is 0. The summed E-state index contributed by atoms with van der Waals surface area (Å²) in [7, 11) is 1.37. The molecule has 0 aliphatic rings. The Bertz CT molecular complexity index is 579. The van der Waals surface area contributed by atoms with E-state index in [0.717, 1.165) is 15.6 Å². The van der Waals surface area contributed by atoms with Crippen molar-refractivity contribution >= 4 is 33.5 Å². The highest BCUT2D eigenvalue weighted by molar-refractivity contribution is 9.10. The lowest BCUT2D eigenvalue weighted by Gasteiger charge is -2.05. The third-order valence-corrected chi connectivity index (χ3v) is 3.79. The van der Waals surface area contributed by atoms with Crippen LogP contribution in [0, 0.1) is 0 Å². The van der Waals surface area contributed by atoms with Crippen molar-refractivity contribution in [3.63, 3.8) is 0 Å². The van der Waals surface area contributed by atoms with E-state index in [4.69, 9.17) is 11.6 Å². The molecular formula is C14H10BrClO2. The van der Waals surface area contributed by atoms with Crippen molar-refractivity contribution in [2.45, 2.75) is 0 Å². The molecule has 0 radical (unpaired) electrons. The highest BCUT2D eigenvalue weighted by Crippen LogP contribution is 2.28. The third-order valence-electron chi connectivity index (χ3n) is 2.56. The van der Waals surface area contributed by atoms with Gasteiger partial charge in [0.05, 0.1) is 17.7 Å². The number of halogens is 2. The Kier molecular flexibility index (Phi) is 4.04. The van der Waals surface area contributed by atoms with Crippen molar-refractivity contribution in [1.82, 2.24) is 0 Å². The highest BCUT2D eigenvalue weighted by Gasteiger charge is 2.06. The predicted octanol–water partition coefficient (Wildman–Crippen LogP) is 4.56. The molecule has 0 aliphatic heterocycles. The van der Waals surface area contributed by atoms with Crippen molar-refractivity contribution in [3.8, 4) is 11.1 Å². The normalized spacial score (nSPS) is 10.2. The molecule has 0 fully saturated rings. The Labute approximate surface area is 119 Å². The molecule has 0 bridgehead atoms. The van der Waals surface area contributed by atoms with Gasteiger partial charge in [-0.3, -0.25) is 0 Å². The van der Waals surface area contributed by atoms with Crippen molar-refractivity contribution < 1.29 is 9.53 Å². The molecule has 92 valence electrons. The molecule has 2 aromatic carbocycles. The van der Waals surface area contributed by atoms with Gasteiger partial charge in [-0.2, -0.15) is 0 Å². The minimum absolute atomic E-state index is 0.338. The van der Waals surface area contributed by atoms with Crippen molar-refractivity contribution in [3.05, 3.63) is 57.5 Å². The number of benzene rings is 2. The van der Waals surface area contributed by atoms with Gasteiger partial charge in [-0.1, -0.05) is 29.8 Å². The first-order valence-electron chi connectivity index (χ1n) is 5.25. The van der Waals surface area contributed by atoms with Crippen LogP contribution in [-0.4, -0.2) is 13.1 Å². The van der Waals surface area contributed by atoms with Gasteiger partial charge in [-0.15, -0.1) is 0 Å². The minimum Gasteiger partial charge on any atom is -0.465 e. The van der Waals surface area contributed by atoms with Crippen LogP contribution >= 0.6 is 27.5 Å². The van der Waals surface area contributed by atoms with Gasteiger partial charge in [0, 0.05) is 4.47 Å². The molecular weight excluding hydrogens is 316 g/mol. The molecule has 0 atom stereocenters. The molecule has 0 heterocycles. The van der Waals surface area contributed by atoms with Gasteiger partial charge < -0.3 is 4.74 Å². The zero-order valence-corrected chi connectivity index (χ0v) is 12.0. The summed E-state index contributed by atoms with van der Waals surface area (Å²) in [5, 5.41) is 0.657. The van der Waals surface area contributed by atoms with Crippen LogP contribution in [0.25, 0.3) is 11.1 Å². The second-order valence-corrected chi connectivity index (χ2v) is 4.96. The van der Waals surface area contributed by atoms with Crippen LogP contribution in [-0.2, 0) is 4.74 Å². The lowest BCUT2D eigenvalue weighted by molar-refractivity contribution is 0.0601. The molecule has 0 saturated heterocycles. The Morgan fingerprint density at radius 2 is 1.72 bits per heavy atom. The molecule has 0 spiro atoms. The van der Waals surface area contributed by atoms with E-state index in [-0.39, 0.29) is 5.97 Å². The summed E-state index contributed by atoms with van der Waals surface area (Å²) in [6.45, 7) is 0. The molecule has 2 rings (SSSR count). The Morgan fingerprint density at radius 1 is 1.11 bits per heavy atom. The van der Waals surface area contributed by atoms with Gasteiger partial charge in [-0.25, -0.2) is 4.79 Å². The van der Waals surface area contributed by atoms with E-state index in [9.17, 15) is 4.79 Å². The molecule has 2 aromatic rings. The summed E-state index contributed by atoms with van der Waals surface area (Å²) in [4.78, 5) is 11.3. The van der Waals surface area contributed by atoms with Gasteiger partial charge in [0.15, 0.2) is 0 Å².